The lowest BCUT2D eigenvalue weighted by molar-refractivity contribution is -0.115. The summed E-state index contributed by atoms with van der Waals surface area (Å²) in [5, 5.41) is 4.63. The number of hydrogen-bond acceptors (Lipinski definition) is 5. The van der Waals surface area contributed by atoms with Gasteiger partial charge in [0.25, 0.3) is 5.91 Å². The Hall–Kier alpha value is -2.93. The molecule has 3 aromatic carbocycles. The van der Waals surface area contributed by atoms with Crippen LogP contribution in [-0.2, 0) is 11.4 Å². The molecule has 1 amide bonds. The van der Waals surface area contributed by atoms with Gasteiger partial charge in [-0.25, -0.2) is 4.99 Å². The van der Waals surface area contributed by atoms with E-state index in [0.717, 1.165) is 22.4 Å². The summed E-state index contributed by atoms with van der Waals surface area (Å²) in [6.07, 6.45) is 1.80. The van der Waals surface area contributed by atoms with Crippen molar-refractivity contribution in [3.8, 4) is 11.5 Å². The highest BCUT2D eigenvalue weighted by molar-refractivity contribution is 8.18. The minimum absolute atomic E-state index is 0.202. The standard InChI is InChI=1S/C26H22Cl2N2O3S/c1-3-32-23-13-17(8-11-22(23)33-15-18-6-4-5-7-20(18)28)14-24-25(31)30-26(34-24)29-21-10-9-19(27)12-16(21)2/h4-14H,3,15H2,1-2H3,(H,29,30,31)/b24-14-. The fourth-order valence-corrected chi connectivity index (χ4v) is 4.51. The molecule has 0 unspecified atom stereocenters. The minimum Gasteiger partial charge on any atom is -0.490 e. The van der Waals surface area contributed by atoms with Gasteiger partial charge in [-0.05, 0) is 79.2 Å². The number of rotatable bonds is 7. The van der Waals surface area contributed by atoms with E-state index in [1.165, 1.54) is 11.8 Å². The molecule has 1 N–H and O–H groups in total. The number of benzene rings is 3. The number of thioether (sulfide) groups is 1. The normalized spacial score (nSPS) is 15.6. The molecular formula is C26H22Cl2N2O3S. The number of hydrogen-bond donors (Lipinski definition) is 1. The van der Waals surface area contributed by atoms with E-state index in [2.05, 4.69) is 10.3 Å². The summed E-state index contributed by atoms with van der Waals surface area (Å²) in [5.74, 6) is 0.998. The molecule has 5 nitrogen and oxygen atoms in total. The summed E-state index contributed by atoms with van der Waals surface area (Å²) in [7, 11) is 0. The Bertz CT molecular complexity index is 1290. The van der Waals surface area contributed by atoms with Crippen molar-refractivity contribution in [2.24, 2.45) is 4.99 Å². The van der Waals surface area contributed by atoms with Crippen LogP contribution < -0.4 is 14.8 Å². The van der Waals surface area contributed by atoms with Gasteiger partial charge in [0.1, 0.15) is 6.61 Å². The van der Waals surface area contributed by atoms with Crippen molar-refractivity contribution < 1.29 is 14.3 Å². The van der Waals surface area contributed by atoms with E-state index in [-0.39, 0.29) is 5.91 Å². The zero-order chi connectivity index (χ0) is 24.1. The largest absolute Gasteiger partial charge is 0.490 e. The second-order valence-electron chi connectivity index (χ2n) is 7.43. The SMILES string of the molecule is CCOc1cc(/C=C2\SC(=Nc3ccc(Cl)cc3C)NC2=O)ccc1OCc1ccccc1Cl. The molecule has 0 bridgehead atoms. The van der Waals surface area contributed by atoms with Gasteiger partial charge in [0.2, 0.25) is 0 Å². The molecule has 1 heterocycles. The Morgan fingerprint density at radius 3 is 2.62 bits per heavy atom. The van der Waals surface area contributed by atoms with Crippen LogP contribution in [0.3, 0.4) is 0 Å². The van der Waals surface area contributed by atoms with Crippen LogP contribution in [0.15, 0.2) is 70.6 Å². The maximum Gasteiger partial charge on any atom is 0.264 e. The summed E-state index contributed by atoms with van der Waals surface area (Å²) < 4.78 is 11.7. The molecule has 1 saturated heterocycles. The molecule has 8 heteroatoms. The highest BCUT2D eigenvalue weighted by atomic mass is 35.5. The van der Waals surface area contributed by atoms with Crippen molar-refractivity contribution in [2.75, 3.05) is 6.61 Å². The van der Waals surface area contributed by atoms with E-state index in [0.29, 0.717) is 44.8 Å². The number of amides is 1. The molecule has 4 rings (SSSR count). The van der Waals surface area contributed by atoms with Crippen LogP contribution in [0.25, 0.3) is 6.08 Å². The first-order valence-corrected chi connectivity index (χ1v) is 12.2. The van der Waals surface area contributed by atoms with Gasteiger partial charge in [0.15, 0.2) is 16.7 Å². The summed E-state index contributed by atoms with van der Waals surface area (Å²) in [5.41, 5.74) is 3.39. The van der Waals surface area contributed by atoms with E-state index in [1.54, 1.807) is 12.1 Å². The summed E-state index contributed by atoms with van der Waals surface area (Å²) in [6, 6.07) is 18.5. The fraction of sp³-hybridized carbons (Fsp3) is 0.154. The van der Waals surface area contributed by atoms with E-state index in [4.69, 9.17) is 32.7 Å². The van der Waals surface area contributed by atoms with E-state index < -0.39 is 0 Å². The average Bonchev–Trinajstić information content (AvgIpc) is 3.15. The lowest BCUT2D eigenvalue weighted by atomic mass is 10.2. The Kier molecular flexibility index (Phi) is 7.83. The molecule has 1 aliphatic rings. The van der Waals surface area contributed by atoms with Crippen LogP contribution >= 0.6 is 35.0 Å². The van der Waals surface area contributed by atoms with E-state index in [1.807, 2.05) is 68.4 Å². The van der Waals surface area contributed by atoms with Crippen LogP contribution in [0.5, 0.6) is 11.5 Å². The Balaban J connectivity index is 1.52. The maximum absolute atomic E-state index is 12.5. The molecule has 174 valence electrons. The van der Waals surface area contributed by atoms with Gasteiger partial charge in [-0.3, -0.25) is 4.79 Å². The lowest BCUT2D eigenvalue weighted by Crippen LogP contribution is -2.19. The molecule has 3 aromatic rings. The molecule has 34 heavy (non-hydrogen) atoms. The van der Waals surface area contributed by atoms with Crippen LogP contribution in [0.2, 0.25) is 10.0 Å². The van der Waals surface area contributed by atoms with Gasteiger partial charge in [0, 0.05) is 15.6 Å². The number of amidine groups is 1. The van der Waals surface area contributed by atoms with Gasteiger partial charge in [-0.15, -0.1) is 0 Å². The maximum atomic E-state index is 12.5. The Labute approximate surface area is 212 Å². The number of aryl methyl sites for hydroxylation is 1. The van der Waals surface area contributed by atoms with Crippen molar-refractivity contribution in [1.29, 1.82) is 0 Å². The number of nitrogens with zero attached hydrogens (tertiary/aromatic N) is 1. The second kappa shape index (κ2) is 11.0. The topological polar surface area (TPSA) is 59.9 Å². The quantitative estimate of drug-likeness (QED) is 0.340. The average molecular weight is 513 g/mol. The summed E-state index contributed by atoms with van der Waals surface area (Å²) in [6.45, 7) is 4.64. The third-order valence-corrected chi connectivity index (χ3v) is 6.45. The van der Waals surface area contributed by atoms with Crippen LogP contribution in [0.1, 0.15) is 23.6 Å². The van der Waals surface area contributed by atoms with E-state index in [9.17, 15) is 4.79 Å². The van der Waals surface area contributed by atoms with E-state index >= 15 is 0 Å². The number of carbonyl (C=O) groups excluding carboxylic acids is 1. The number of aliphatic imine (C=N–C) groups is 1. The zero-order valence-corrected chi connectivity index (χ0v) is 20.9. The van der Waals surface area contributed by atoms with Crippen molar-refractivity contribution in [3.05, 3.63) is 92.3 Å². The van der Waals surface area contributed by atoms with Gasteiger partial charge in [-0.2, -0.15) is 0 Å². The molecule has 0 radical (unpaired) electrons. The Morgan fingerprint density at radius 2 is 1.85 bits per heavy atom. The minimum atomic E-state index is -0.202. The van der Waals surface area contributed by atoms with Crippen LogP contribution in [0.4, 0.5) is 5.69 Å². The lowest BCUT2D eigenvalue weighted by Gasteiger charge is -2.13. The summed E-state index contributed by atoms with van der Waals surface area (Å²) >= 11 is 13.5. The van der Waals surface area contributed by atoms with Crippen molar-refractivity contribution in [1.82, 2.24) is 5.32 Å². The predicted octanol–water partition coefficient (Wildman–Crippen LogP) is 7.17. The van der Waals surface area contributed by atoms with Gasteiger partial charge >= 0.3 is 0 Å². The summed E-state index contributed by atoms with van der Waals surface area (Å²) in [4.78, 5) is 17.6. The van der Waals surface area contributed by atoms with Crippen molar-refractivity contribution >= 4 is 57.8 Å². The monoisotopic (exact) mass is 512 g/mol. The first-order chi connectivity index (χ1) is 16.4. The first kappa shape index (κ1) is 24.2. The molecule has 0 atom stereocenters. The highest BCUT2D eigenvalue weighted by Crippen LogP contribution is 2.34. The smallest absolute Gasteiger partial charge is 0.264 e. The third kappa shape index (κ3) is 5.95. The van der Waals surface area contributed by atoms with Crippen LogP contribution in [0, 0.1) is 6.92 Å². The molecular weight excluding hydrogens is 491 g/mol. The van der Waals surface area contributed by atoms with Gasteiger partial charge < -0.3 is 14.8 Å². The van der Waals surface area contributed by atoms with Crippen LogP contribution in [-0.4, -0.2) is 17.7 Å². The van der Waals surface area contributed by atoms with Crippen molar-refractivity contribution in [2.45, 2.75) is 20.5 Å². The first-order valence-electron chi connectivity index (χ1n) is 10.6. The molecule has 1 fully saturated rings. The zero-order valence-electron chi connectivity index (χ0n) is 18.6. The molecule has 0 saturated carbocycles. The molecule has 0 aliphatic carbocycles. The Morgan fingerprint density at radius 1 is 1.03 bits per heavy atom. The second-order valence-corrected chi connectivity index (χ2v) is 9.31. The van der Waals surface area contributed by atoms with Gasteiger partial charge in [-0.1, -0.05) is 47.5 Å². The highest BCUT2D eigenvalue weighted by Gasteiger charge is 2.24. The number of ether oxygens (including phenoxy) is 2. The van der Waals surface area contributed by atoms with Gasteiger partial charge in [0.05, 0.1) is 17.2 Å². The molecule has 0 aromatic heterocycles. The third-order valence-electron chi connectivity index (χ3n) is 4.94. The number of nitrogens with one attached hydrogen (secondary N) is 1. The molecule has 1 aliphatic heterocycles. The number of carbonyl (C=O) groups is 1. The van der Waals surface area contributed by atoms with Crippen molar-refractivity contribution in [3.63, 3.8) is 0 Å². The fourth-order valence-electron chi connectivity index (χ4n) is 3.26. The predicted molar refractivity (Wildman–Crippen MR) is 140 cm³/mol. The molecule has 0 spiro atoms. The number of halogens is 2.